The SMILES string of the molecule is CCNCc1cnc(N2CCCC(CC)C2)s1. The van der Waals surface area contributed by atoms with Gasteiger partial charge in [-0.3, -0.25) is 0 Å². The molecule has 1 aromatic rings. The zero-order valence-electron chi connectivity index (χ0n) is 10.9. The Morgan fingerprint density at radius 3 is 3.18 bits per heavy atom. The minimum absolute atomic E-state index is 0.866. The first-order valence-corrected chi connectivity index (χ1v) is 7.55. The molecule has 1 N–H and O–H groups in total. The minimum Gasteiger partial charge on any atom is -0.348 e. The Morgan fingerprint density at radius 2 is 2.41 bits per heavy atom. The molecule has 1 atom stereocenters. The molecular formula is C13H23N3S. The summed E-state index contributed by atoms with van der Waals surface area (Å²) in [6.07, 6.45) is 6.04. The van der Waals surface area contributed by atoms with E-state index in [9.17, 15) is 0 Å². The van der Waals surface area contributed by atoms with Crippen LogP contribution in [0, 0.1) is 5.92 Å². The molecule has 1 aliphatic heterocycles. The number of nitrogens with zero attached hydrogens (tertiary/aromatic N) is 2. The second kappa shape index (κ2) is 6.36. The maximum atomic E-state index is 4.57. The average Bonchev–Trinajstić information content (AvgIpc) is 2.85. The molecule has 3 nitrogen and oxygen atoms in total. The van der Waals surface area contributed by atoms with E-state index in [1.54, 1.807) is 0 Å². The largest absolute Gasteiger partial charge is 0.348 e. The van der Waals surface area contributed by atoms with Crippen molar-refractivity contribution in [2.24, 2.45) is 5.92 Å². The van der Waals surface area contributed by atoms with Crippen LogP contribution >= 0.6 is 11.3 Å². The molecular weight excluding hydrogens is 230 g/mol. The van der Waals surface area contributed by atoms with Crippen molar-refractivity contribution in [2.45, 2.75) is 39.7 Å². The van der Waals surface area contributed by atoms with Crippen LogP contribution in [0.25, 0.3) is 0 Å². The quantitative estimate of drug-likeness (QED) is 0.874. The summed E-state index contributed by atoms with van der Waals surface area (Å²) in [7, 11) is 0. The number of anilines is 1. The summed E-state index contributed by atoms with van der Waals surface area (Å²) in [5.41, 5.74) is 0. The lowest BCUT2D eigenvalue weighted by molar-refractivity contribution is 0.404. The van der Waals surface area contributed by atoms with E-state index in [-0.39, 0.29) is 0 Å². The Hall–Kier alpha value is -0.610. The molecule has 0 bridgehead atoms. The highest BCUT2D eigenvalue weighted by atomic mass is 32.1. The lowest BCUT2D eigenvalue weighted by Crippen LogP contribution is -2.34. The Kier molecular flexibility index (Phi) is 4.80. The van der Waals surface area contributed by atoms with E-state index >= 15 is 0 Å². The number of aromatic nitrogens is 1. The van der Waals surface area contributed by atoms with Gasteiger partial charge in [0, 0.05) is 30.7 Å². The van der Waals surface area contributed by atoms with E-state index in [2.05, 4.69) is 29.0 Å². The van der Waals surface area contributed by atoms with Crippen molar-refractivity contribution in [1.29, 1.82) is 0 Å². The van der Waals surface area contributed by atoms with Crippen molar-refractivity contribution < 1.29 is 0 Å². The van der Waals surface area contributed by atoms with Gasteiger partial charge in [0.25, 0.3) is 0 Å². The van der Waals surface area contributed by atoms with Crippen LogP contribution in [0.3, 0.4) is 0 Å². The van der Waals surface area contributed by atoms with Gasteiger partial charge < -0.3 is 10.2 Å². The fourth-order valence-corrected chi connectivity index (χ4v) is 3.26. The molecule has 0 amide bonds. The molecule has 0 aromatic carbocycles. The van der Waals surface area contributed by atoms with Crippen LogP contribution in [-0.2, 0) is 6.54 Å². The molecule has 1 fully saturated rings. The van der Waals surface area contributed by atoms with E-state index in [1.807, 2.05) is 17.5 Å². The van der Waals surface area contributed by atoms with E-state index in [0.717, 1.165) is 19.0 Å². The monoisotopic (exact) mass is 253 g/mol. The van der Waals surface area contributed by atoms with Gasteiger partial charge in [-0.25, -0.2) is 4.98 Å². The predicted molar refractivity (Wildman–Crippen MR) is 74.7 cm³/mol. The van der Waals surface area contributed by atoms with Crippen LogP contribution in [0.15, 0.2) is 6.20 Å². The summed E-state index contributed by atoms with van der Waals surface area (Å²) in [5, 5.41) is 4.57. The Morgan fingerprint density at radius 1 is 1.53 bits per heavy atom. The summed E-state index contributed by atoms with van der Waals surface area (Å²) in [6, 6.07) is 0. The second-order valence-corrected chi connectivity index (χ2v) is 5.85. The Labute approximate surface area is 108 Å². The summed E-state index contributed by atoms with van der Waals surface area (Å²) in [5.74, 6) is 0.866. The molecule has 0 saturated carbocycles. The van der Waals surface area contributed by atoms with Crippen LogP contribution in [0.2, 0.25) is 0 Å². The Balaban J connectivity index is 1.94. The van der Waals surface area contributed by atoms with Gasteiger partial charge >= 0.3 is 0 Å². The van der Waals surface area contributed by atoms with Crippen molar-refractivity contribution in [3.8, 4) is 0 Å². The van der Waals surface area contributed by atoms with Crippen LogP contribution < -0.4 is 10.2 Å². The summed E-state index contributed by atoms with van der Waals surface area (Å²) in [4.78, 5) is 8.38. The molecule has 2 heterocycles. The second-order valence-electron chi connectivity index (χ2n) is 4.75. The zero-order chi connectivity index (χ0) is 12.1. The molecule has 2 rings (SSSR count). The lowest BCUT2D eigenvalue weighted by Gasteiger charge is -2.31. The summed E-state index contributed by atoms with van der Waals surface area (Å²) < 4.78 is 0. The molecule has 1 aromatic heterocycles. The fourth-order valence-electron chi connectivity index (χ4n) is 2.35. The van der Waals surface area contributed by atoms with E-state index in [0.29, 0.717) is 0 Å². The van der Waals surface area contributed by atoms with Crippen LogP contribution in [0.5, 0.6) is 0 Å². The number of piperidine rings is 1. The zero-order valence-corrected chi connectivity index (χ0v) is 11.7. The van der Waals surface area contributed by atoms with Crippen LogP contribution in [0.1, 0.15) is 38.0 Å². The number of rotatable bonds is 5. The molecule has 0 radical (unpaired) electrons. The van der Waals surface area contributed by atoms with E-state index in [1.165, 1.54) is 42.4 Å². The minimum atomic E-state index is 0.866. The van der Waals surface area contributed by atoms with Crippen molar-refractivity contribution in [2.75, 3.05) is 24.5 Å². The third kappa shape index (κ3) is 3.42. The summed E-state index contributed by atoms with van der Waals surface area (Å²) >= 11 is 1.84. The van der Waals surface area contributed by atoms with Gasteiger partial charge in [-0.05, 0) is 25.3 Å². The first kappa shape index (κ1) is 12.8. The Bertz CT molecular complexity index is 337. The number of nitrogens with one attached hydrogen (secondary N) is 1. The number of thiazole rings is 1. The normalized spacial score (nSPS) is 20.8. The van der Waals surface area contributed by atoms with Gasteiger partial charge in [-0.15, -0.1) is 11.3 Å². The topological polar surface area (TPSA) is 28.2 Å². The van der Waals surface area contributed by atoms with E-state index < -0.39 is 0 Å². The van der Waals surface area contributed by atoms with Crippen LogP contribution in [0.4, 0.5) is 5.13 Å². The maximum absolute atomic E-state index is 4.57. The molecule has 1 unspecified atom stereocenters. The molecule has 4 heteroatoms. The first-order valence-electron chi connectivity index (χ1n) is 6.73. The van der Waals surface area contributed by atoms with Gasteiger partial charge in [0.2, 0.25) is 0 Å². The molecule has 17 heavy (non-hydrogen) atoms. The highest BCUT2D eigenvalue weighted by molar-refractivity contribution is 7.15. The molecule has 96 valence electrons. The lowest BCUT2D eigenvalue weighted by atomic mass is 9.96. The number of hydrogen-bond donors (Lipinski definition) is 1. The van der Waals surface area contributed by atoms with Gasteiger partial charge in [0.05, 0.1) is 0 Å². The van der Waals surface area contributed by atoms with Crippen molar-refractivity contribution >= 4 is 16.5 Å². The third-order valence-electron chi connectivity index (χ3n) is 3.46. The molecule has 1 aliphatic rings. The number of hydrogen-bond acceptors (Lipinski definition) is 4. The van der Waals surface area contributed by atoms with E-state index in [4.69, 9.17) is 0 Å². The van der Waals surface area contributed by atoms with Crippen LogP contribution in [-0.4, -0.2) is 24.6 Å². The van der Waals surface area contributed by atoms with Gasteiger partial charge in [-0.2, -0.15) is 0 Å². The predicted octanol–water partition coefficient (Wildman–Crippen LogP) is 2.88. The fraction of sp³-hybridized carbons (Fsp3) is 0.769. The van der Waals surface area contributed by atoms with Crippen molar-refractivity contribution in [3.05, 3.63) is 11.1 Å². The van der Waals surface area contributed by atoms with Gasteiger partial charge in [0.1, 0.15) is 0 Å². The molecule has 0 aliphatic carbocycles. The molecule has 0 spiro atoms. The smallest absolute Gasteiger partial charge is 0.185 e. The summed E-state index contributed by atoms with van der Waals surface area (Å²) in [6.45, 7) is 8.80. The third-order valence-corrected chi connectivity index (χ3v) is 4.52. The van der Waals surface area contributed by atoms with Crippen molar-refractivity contribution in [1.82, 2.24) is 10.3 Å². The first-order chi connectivity index (χ1) is 8.33. The standard InChI is InChI=1S/C13H23N3S/c1-3-11-6-5-7-16(10-11)13-15-9-12(17-13)8-14-4-2/h9,11,14H,3-8,10H2,1-2H3. The average molecular weight is 253 g/mol. The van der Waals surface area contributed by atoms with Gasteiger partial charge in [0.15, 0.2) is 5.13 Å². The highest BCUT2D eigenvalue weighted by Gasteiger charge is 2.20. The van der Waals surface area contributed by atoms with Crippen molar-refractivity contribution in [3.63, 3.8) is 0 Å². The van der Waals surface area contributed by atoms with Gasteiger partial charge in [-0.1, -0.05) is 20.3 Å². The maximum Gasteiger partial charge on any atom is 0.185 e. The highest BCUT2D eigenvalue weighted by Crippen LogP contribution is 2.28. The molecule has 1 saturated heterocycles.